The normalized spacial score (nSPS) is 14.4. The van der Waals surface area contributed by atoms with Crippen molar-refractivity contribution < 1.29 is 9.47 Å². The Labute approximate surface area is 311 Å². The van der Waals surface area contributed by atoms with Gasteiger partial charge in [0.15, 0.2) is 23.0 Å². The van der Waals surface area contributed by atoms with Gasteiger partial charge in [0.25, 0.3) is 0 Å². The van der Waals surface area contributed by atoms with E-state index in [2.05, 4.69) is 157 Å². The summed E-state index contributed by atoms with van der Waals surface area (Å²) in [6.07, 6.45) is 0. The van der Waals surface area contributed by atoms with Crippen LogP contribution in [-0.4, -0.2) is 0 Å². The molecule has 1 spiro atoms. The van der Waals surface area contributed by atoms with Crippen LogP contribution in [0.4, 0.5) is 17.1 Å². The Morgan fingerprint density at radius 2 is 1.00 bits per heavy atom. The second kappa shape index (κ2) is 10.8. The number of fused-ring (bicyclic) bond motifs is 15. The summed E-state index contributed by atoms with van der Waals surface area (Å²) in [5, 5.41) is 0. The van der Waals surface area contributed by atoms with Crippen LogP contribution in [-0.2, 0) is 5.41 Å². The summed E-state index contributed by atoms with van der Waals surface area (Å²) in [6, 6.07) is 63.5. The highest BCUT2D eigenvalue weighted by atomic mass is 32.2. The maximum atomic E-state index is 6.89. The summed E-state index contributed by atoms with van der Waals surface area (Å²) in [4.78, 5) is 4.91. The van der Waals surface area contributed by atoms with E-state index in [9.17, 15) is 0 Å². The Morgan fingerprint density at radius 3 is 1.74 bits per heavy atom. The highest BCUT2D eigenvalue weighted by Gasteiger charge is 2.54. The molecule has 0 fully saturated rings. The van der Waals surface area contributed by atoms with Gasteiger partial charge in [-0.05, 0) is 111 Å². The molecule has 3 nitrogen and oxygen atoms in total. The number of rotatable bonds is 2. The lowest BCUT2D eigenvalue weighted by Gasteiger charge is -2.33. The molecular weight excluding hydrogens is 667 g/mol. The van der Waals surface area contributed by atoms with E-state index in [4.69, 9.17) is 9.47 Å². The molecule has 53 heavy (non-hydrogen) atoms. The van der Waals surface area contributed by atoms with Crippen molar-refractivity contribution in [1.82, 2.24) is 0 Å². The Kier molecular flexibility index (Phi) is 5.92. The molecule has 2 aliphatic carbocycles. The first-order valence-corrected chi connectivity index (χ1v) is 18.8. The van der Waals surface area contributed by atoms with E-state index in [1.165, 1.54) is 71.2 Å². The number of benzene rings is 8. The van der Waals surface area contributed by atoms with Gasteiger partial charge >= 0.3 is 0 Å². The Morgan fingerprint density at radius 1 is 0.415 bits per heavy atom. The average Bonchev–Trinajstić information content (AvgIpc) is 3.69. The number of nitrogens with zero attached hydrogens (tertiary/aromatic N) is 1. The first-order valence-electron chi connectivity index (χ1n) is 18.0. The largest absolute Gasteiger partial charge is 0.450 e. The van der Waals surface area contributed by atoms with Crippen LogP contribution in [0.25, 0.3) is 33.4 Å². The third-order valence-electron chi connectivity index (χ3n) is 11.3. The van der Waals surface area contributed by atoms with Crippen molar-refractivity contribution in [3.8, 4) is 56.4 Å². The summed E-state index contributed by atoms with van der Waals surface area (Å²) in [7, 11) is 0. The van der Waals surface area contributed by atoms with Gasteiger partial charge in [-0.3, -0.25) is 0 Å². The van der Waals surface area contributed by atoms with Crippen molar-refractivity contribution in [3.63, 3.8) is 0 Å². The van der Waals surface area contributed by atoms with Crippen molar-refractivity contribution in [2.75, 3.05) is 4.90 Å². The van der Waals surface area contributed by atoms with Crippen LogP contribution in [0, 0.1) is 0 Å². The predicted octanol–water partition coefficient (Wildman–Crippen LogP) is 13.5. The lowest BCUT2D eigenvalue weighted by molar-refractivity contribution is 0.354. The fourth-order valence-electron chi connectivity index (χ4n) is 9.19. The van der Waals surface area contributed by atoms with Gasteiger partial charge in [0, 0.05) is 21.0 Å². The van der Waals surface area contributed by atoms with Crippen molar-refractivity contribution in [1.29, 1.82) is 0 Å². The van der Waals surface area contributed by atoms with E-state index >= 15 is 0 Å². The number of ether oxygens (including phenoxy) is 2. The molecule has 2 aliphatic heterocycles. The molecule has 0 bridgehead atoms. The van der Waals surface area contributed by atoms with E-state index in [-0.39, 0.29) is 0 Å². The van der Waals surface area contributed by atoms with Crippen molar-refractivity contribution in [3.05, 3.63) is 198 Å². The van der Waals surface area contributed by atoms with Crippen LogP contribution >= 0.6 is 11.8 Å². The highest BCUT2D eigenvalue weighted by Crippen LogP contribution is 2.67. The SMILES string of the molecule is c1cc(-c2ccc3c(c2)C2(c4ccccc4-c4ccccc42)c2c-3ccc3c2Oc2ccccc2O3)cc(N2c3ccccc3Sc3ccccc32)c1. The zero-order chi connectivity index (χ0) is 34.7. The van der Waals surface area contributed by atoms with Crippen molar-refractivity contribution in [2.24, 2.45) is 0 Å². The topological polar surface area (TPSA) is 21.7 Å². The number of anilines is 3. The standard InChI is InChI=1S/C49H29NO2S/c1-3-16-37-33(14-1)34-15-2-4-17-38(34)49(37)39-29-31(24-25-35(39)36-26-27-44-48(47(36)49)52-43-21-8-7-20-42(43)51-44)30-12-11-13-32(28-30)50-40-18-5-9-22-45(40)53-46-23-10-6-19-41(46)50/h1-29H. The fourth-order valence-corrected chi connectivity index (χ4v) is 10.3. The Balaban J connectivity index is 1.09. The second-order valence-corrected chi connectivity index (χ2v) is 15.1. The van der Waals surface area contributed by atoms with Gasteiger partial charge in [0.2, 0.25) is 0 Å². The average molecular weight is 696 g/mol. The van der Waals surface area contributed by atoms with Crippen LogP contribution < -0.4 is 14.4 Å². The van der Waals surface area contributed by atoms with E-state index in [1.54, 1.807) is 0 Å². The molecule has 248 valence electrons. The van der Waals surface area contributed by atoms with Crippen LogP contribution in [0.1, 0.15) is 22.3 Å². The Bertz CT molecular complexity index is 2770. The lowest BCUT2D eigenvalue weighted by atomic mass is 9.70. The molecule has 0 amide bonds. The summed E-state index contributed by atoms with van der Waals surface area (Å²) < 4.78 is 13.5. The maximum absolute atomic E-state index is 6.89. The molecule has 0 atom stereocenters. The first-order chi connectivity index (χ1) is 26.3. The second-order valence-electron chi connectivity index (χ2n) is 14.0. The summed E-state index contributed by atoms with van der Waals surface area (Å²) in [6.45, 7) is 0. The molecule has 0 aromatic heterocycles. The fraction of sp³-hybridized carbons (Fsp3) is 0.0204. The molecule has 4 heteroatoms. The zero-order valence-corrected chi connectivity index (χ0v) is 29.2. The van der Waals surface area contributed by atoms with Gasteiger partial charge in [0.05, 0.1) is 16.8 Å². The van der Waals surface area contributed by atoms with Gasteiger partial charge in [-0.2, -0.15) is 0 Å². The molecule has 0 saturated carbocycles. The molecule has 4 aliphatic rings. The minimum atomic E-state index is -0.603. The van der Waals surface area contributed by atoms with Gasteiger partial charge in [-0.1, -0.05) is 127 Å². The molecule has 8 aromatic rings. The molecule has 0 unspecified atom stereocenters. The van der Waals surface area contributed by atoms with Crippen molar-refractivity contribution >= 4 is 28.8 Å². The summed E-state index contributed by atoms with van der Waals surface area (Å²) in [5.74, 6) is 2.99. The van der Waals surface area contributed by atoms with Gasteiger partial charge in [-0.15, -0.1) is 0 Å². The monoisotopic (exact) mass is 695 g/mol. The lowest BCUT2D eigenvalue weighted by Crippen LogP contribution is -2.27. The van der Waals surface area contributed by atoms with Crippen LogP contribution in [0.15, 0.2) is 186 Å². The Hall–Kier alpha value is -6.49. The molecular formula is C49H29NO2S. The van der Waals surface area contributed by atoms with Crippen LogP contribution in [0.3, 0.4) is 0 Å². The smallest absolute Gasteiger partial charge is 0.175 e. The molecule has 8 aromatic carbocycles. The zero-order valence-electron chi connectivity index (χ0n) is 28.4. The van der Waals surface area contributed by atoms with E-state index < -0.39 is 5.41 Å². The maximum Gasteiger partial charge on any atom is 0.175 e. The van der Waals surface area contributed by atoms with E-state index in [0.717, 1.165) is 34.2 Å². The molecule has 0 saturated heterocycles. The molecule has 2 heterocycles. The van der Waals surface area contributed by atoms with Gasteiger partial charge in [0.1, 0.15) is 0 Å². The highest BCUT2D eigenvalue weighted by molar-refractivity contribution is 7.99. The van der Waals surface area contributed by atoms with Crippen molar-refractivity contribution in [2.45, 2.75) is 15.2 Å². The third kappa shape index (κ3) is 3.91. The number of para-hydroxylation sites is 4. The number of hydrogen-bond acceptors (Lipinski definition) is 4. The van der Waals surface area contributed by atoms with E-state index in [1.807, 2.05) is 36.0 Å². The molecule has 0 radical (unpaired) electrons. The summed E-state index contributed by atoms with van der Waals surface area (Å²) in [5.41, 5.74) is 15.1. The third-order valence-corrected chi connectivity index (χ3v) is 12.4. The van der Waals surface area contributed by atoms with Crippen LogP contribution in [0.2, 0.25) is 0 Å². The summed E-state index contributed by atoms with van der Waals surface area (Å²) >= 11 is 1.83. The predicted molar refractivity (Wildman–Crippen MR) is 214 cm³/mol. The quantitative estimate of drug-likeness (QED) is 0.179. The molecule has 12 rings (SSSR count). The van der Waals surface area contributed by atoms with Crippen LogP contribution in [0.5, 0.6) is 23.0 Å². The minimum Gasteiger partial charge on any atom is -0.450 e. The van der Waals surface area contributed by atoms with E-state index in [0.29, 0.717) is 0 Å². The van der Waals surface area contributed by atoms with Gasteiger partial charge in [-0.25, -0.2) is 0 Å². The van der Waals surface area contributed by atoms with Gasteiger partial charge < -0.3 is 14.4 Å². The number of hydrogen-bond donors (Lipinski definition) is 0. The molecule has 0 N–H and O–H groups in total. The first kappa shape index (κ1) is 29.1. The minimum absolute atomic E-state index is 0.603.